The number of fused-ring (bicyclic) bond motifs is 2. The standard InChI is InChI=1S/C7H4Cl2O3.C7H2Cl2O/c8-5-3-1-2-4(6(5)9)7(10)12-11;8-5-3-1-2-4(6(5)9)7(3)10/h1-3,11H;1-2H. The van der Waals surface area contributed by atoms with E-state index in [2.05, 4.69) is 4.89 Å². The Morgan fingerprint density at radius 3 is 1.95 bits per heavy atom. The van der Waals surface area contributed by atoms with Crippen LogP contribution in [0.25, 0.3) is 0 Å². The minimum atomic E-state index is -0.928. The first-order valence-electron chi connectivity index (χ1n) is 5.71. The van der Waals surface area contributed by atoms with Crippen LogP contribution in [0.3, 0.4) is 0 Å². The number of ketones is 1. The van der Waals surface area contributed by atoms with E-state index < -0.39 is 5.97 Å². The van der Waals surface area contributed by atoms with E-state index in [1.54, 1.807) is 12.2 Å². The van der Waals surface area contributed by atoms with E-state index in [1.165, 1.54) is 18.2 Å². The quantitative estimate of drug-likeness (QED) is 0.565. The summed E-state index contributed by atoms with van der Waals surface area (Å²) >= 11 is 22.6. The topological polar surface area (TPSA) is 63.6 Å². The van der Waals surface area contributed by atoms with Gasteiger partial charge >= 0.3 is 5.97 Å². The van der Waals surface area contributed by atoms with Crippen LogP contribution in [0.1, 0.15) is 10.4 Å². The second kappa shape index (κ2) is 6.86. The van der Waals surface area contributed by atoms with E-state index in [1.807, 2.05) is 0 Å². The van der Waals surface area contributed by atoms with Gasteiger partial charge in [0.05, 0.1) is 25.7 Å². The Hall–Kier alpha value is -1.30. The fraction of sp³-hybridized carbons (Fsp3) is 0. The van der Waals surface area contributed by atoms with Gasteiger partial charge in [0.2, 0.25) is 0 Å². The molecule has 1 N–H and O–H groups in total. The first-order valence-corrected chi connectivity index (χ1v) is 7.22. The highest BCUT2D eigenvalue weighted by atomic mass is 35.5. The highest BCUT2D eigenvalue weighted by Crippen LogP contribution is 2.40. The highest BCUT2D eigenvalue weighted by Gasteiger charge is 2.31. The van der Waals surface area contributed by atoms with Crippen LogP contribution in [-0.2, 0) is 9.68 Å². The zero-order valence-corrected chi connectivity index (χ0v) is 13.6. The van der Waals surface area contributed by atoms with Gasteiger partial charge in [0.1, 0.15) is 0 Å². The molecule has 0 saturated heterocycles. The van der Waals surface area contributed by atoms with Gasteiger partial charge in [-0.2, -0.15) is 5.26 Å². The molecule has 0 fully saturated rings. The van der Waals surface area contributed by atoms with Crippen molar-refractivity contribution in [3.05, 3.63) is 67.2 Å². The molecule has 0 amide bonds. The van der Waals surface area contributed by atoms with Crippen molar-refractivity contribution in [2.24, 2.45) is 0 Å². The minimum Gasteiger partial charge on any atom is -0.295 e. The smallest absolute Gasteiger partial charge is 0.295 e. The van der Waals surface area contributed by atoms with Gasteiger partial charge in [-0.3, -0.25) is 9.68 Å². The number of carbonyl (C=O) groups excluding carboxylic acids is 2. The third kappa shape index (κ3) is 3.07. The lowest BCUT2D eigenvalue weighted by Crippen LogP contribution is -2.02. The van der Waals surface area contributed by atoms with Crippen LogP contribution in [0.5, 0.6) is 0 Å². The van der Waals surface area contributed by atoms with Gasteiger partial charge in [-0.25, -0.2) is 4.79 Å². The Balaban J connectivity index is 0.000000162. The van der Waals surface area contributed by atoms with E-state index in [0.717, 1.165) is 0 Å². The summed E-state index contributed by atoms with van der Waals surface area (Å²) in [5.74, 6) is -0.975. The summed E-state index contributed by atoms with van der Waals surface area (Å²) < 4.78 is 0. The Kier molecular flexibility index (Phi) is 5.32. The van der Waals surface area contributed by atoms with Crippen molar-refractivity contribution >= 4 is 58.2 Å². The van der Waals surface area contributed by atoms with Crippen molar-refractivity contribution in [3.63, 3.8) is 0 Å². The minimum absolute atomic E-state index is 0.0340. The average Bonchev–Trinajstić information content (AvgIpc) is 2.97. The zero-order chi connectivity index (χ0) is 16.4. The molecule has 0 spiro atoms. The second-order valence-corrected chi connectivity index (χ2v) is 5.64. The lowest BCUT2D eigenvalue weighted by Gasteiger charge is -2.00. The molecule has 0 atom stereocenters. The summed E-state index contributed by atoms with van der Waals surface area (Å²) in [4.78, 5) is 25.3. The molecular weight excluding hydrogens is 374 g/mol. The molecule has 3 rings (SSSR count). The number of Topliss-reactive ketones (excluding diaryl/α,β-unsaturated/α-hetero) is 1. The first-order chi connectivity index (χ1) is 10.4. The summed E-state index contributed by atoms with van der Waals surface area (Å²) in [5, 5.41) is 9.14. The van der Waals surface area contributed by atoms with E-state index in [4.69, 9.17) is 51.7 Å². The lowest BCUT2D eigenvalue weighted by molar-refractivity contribution is -0.182. The van der Waals surface area contributed by atoms with Crippen LogP contribution in [-0.4, -0.2) is 17.0 Å². The summed E-state index contributed by atoms with van der Waals surface area (Å²) in [7, 11) is 0. The van der Waals surface area contributed by atoms with Crippen LogP contribution in [0.15, 0.2) is 51.6 Å². The second-order valence-electron chi connectivity index (χ2n) is 4.10. The molecule has 1 aromatic rings. The lowest BCUT2D eigenvalue weighted by atomic mass is 10.2. The number of rotatable bonds is 1. The number of benzene rings is 1. The van der Waals surface area contributed by atoms with Crippen LogP contribution in [0.4, 0.5) is 0 Å². The number of allylic oxidation sites excluding steroid dienone is 6. The van der Waals surface area contributed by atoms with E-state index in [-0.39, 0.29) is 21.4 Å². The predicted molar refractivity (Wildman–Crippen MR) is 84.4 cm³/mol. The number of halogens is 4. The van der Waals surface area contributed by atoms with Gasteiger partial charge < -0.3 is 0 Å². The molecule has 2 aliphatic carbocycles. The maximum atomic E-state index is 11.0. The molecular formula is C14H6Cl4O4. The van der Waals surface area contributed by atoms with Crippen molar-refractivity contribution in [2.45, 2.75) is 0 Å². The fourth-order valence-corrected chi connectivity index (χ4v) is 2.63. The van der Waals surface area contributed by atoms with E-state index in [9.17, 15) is 9.59 Å². The third-order valence-electron chi connectivity index (χ3n) is 2.83. The zero-order valence-electron chi connectivity index (χ0n) is 10.6. The maximum Gasteiger partial charge on any atom is 0.374 e. The van der Waals surface area contributed by atoms with Gasteiger partial charge in [0.15, 0.2) is 5.78 Å². The fourth-order valence-electron chi connectivity index (χ4n) is 1.76. The van der Waals surface area contributed by atoms with Gasteiger partial charge in [-0.1, -0.05) is 52.5 Å². The van der Waals surface area contributed by atoms with Crippen molar-refractivity contribution in [1.29, 1.82) is 0 Å². The molecule has 0 aliphatic heterocycles. The van der Waals surface area contributed by atoms with Gasteiger partial charge in [0.25, 0.3) is 0 Å². The molecule has 0 heterocycles. The molecule has 114 valence electrons. The van der Waals surface area contributed by atoms with Gasteiger partial charge in [-0.05, 0) is 24.3 Å². The number of carbonyl (C=O) groups is 2. The number of hydrogen-bond acceptors (Lipinski definition) is 4. The molecule has 4 nitrogen and oxygen atoms in total. The first kappa shape index (κ1) is 17.1. The molecule has 0 unspecified atom stereocenters. The molecule has 8 heteroatoms. The largest absolute Gasteiger partial charge is 0.374 e. The van der Waals surface area contributed by atoms with Gasteiger partial charge in [0, 0.05) is 11.1 Å². The Morgan fingerprint density at radius 1 is 1.00 bits per heavy atom. The maximum absolute atomic E-state index is 11.0. The Labute approximate surface area is 145 Å². The summed E-state index contributed by atoms with van der Waals surface area (Å²) in [5.41, 5.74) is 1.09. The van der Waals surface area contributed by atoms with Crippen LogP contribution in [0.2, 0.25) is 10.0 Å². The predicted octanol–water partition coefficient (Wildman–Crippen LogP) is 4.75. The van der Waals surface area contributed by atoms with E-state index in [0.29, 0.717) is 21.2 Å². The number of hydrogen-bond donors (Lipinski definition) is 1. The van der Waals surface area contributed by atoms with Crippen LogP contribution >= 0.6 is 46.4 Å². The van der Waals surface area contributed by atoms with Crippen molar-refractivity contribution in [1.82, 2.24) is 0 Å². The van der Waals surface area contributed by atoms with Crippen molar-refractivity contribution in [3.8, 4) is 0 Å². The molecule has 22 heavy (non-hydrogen) atoms. The molecule has 2 bridgehead atoms. The van der Waals surface area contributed by atoms with Crippen LogP contribution < -0.4 is 0 Å². The highest BCUT2D eigenvalue weighted by molar-refractivity contribution is 6.50. The summed E-state index contributed by atoms with van der Waals surface area (Å²) in [6.07, 6.45) is 3.37. The SMILES string of the molecule is O=C(OO)c1cccc(Cl)c1Cl.O=C1C2=C(Cl)C(Cl)=C1C=C2. The molecule has 1 aromatic carbocycles. The summed E-state index contributed by atoms with van der Waals surface area (Å²) in [6.45, 7) is 0. The van der Waals surface area contributed by atoms with Gasteiger partial charge in [-0.15, -0.1) is 0 Å². The third-order valence-corrected chi connectivity index (χ3v) is 4.53. The van der Waals surface area contributed by atoms with E-state index >= 15 is 0 Å². The Morgan fingerprint density at radius 2 is 1.55 bits per heavy atom. The molecule has 0 aromatic heterocycles. The molecule has 0 saturated carbocycles. The van der Waals surface area contributed by atoms with Crippen molar-refractivity contribution < 1.29 is 19.7 Å². The van der Waals surface area contributed by atoms with Crippen LogP contribution in [0, 0.1) is 0 Å². The monoisotopic (exact) mass is 378 g/mol. The summed E-state index contributed by atoms with van der Waals surface area (Å²) in [6, 6.07) is 4.45. The normalized spacial score (nSPS) is 15.2. The average molecular weight is 380 g/mol. The van der Waals surface area contributed by atoms with Crippen molar-refractivity contribution in [2.75, 3.05) is 0 Å². The molecule has 2 aliphatic rings. The Bertz CT molecular complexity index is 732. The molecule has 0 radical (unpaired) electrons.